The van der Waals surface area contributed by atoms with Crippen LogP contribution in [0.25, 0.3) is 5.69 Å². The molecule has 1 N–H and O–H groups in total. The van der Waals surface area contributed by atoms with E-state index in [1.807, 2.05) is 6.92 Å². The molecule has 22 heavy (non-hydrogen) atoms. The van der Waals surface area contributed by atoms with Gasteiger partial charge in [0.2, 0.25) is 0 Å². The highest BCUT2D eigenvalue weighted by Gasteiger charge is 2.25. The molecule has 0 unspecified atom stereocenters. The summed E-state index contributed by atoms with van der Waals surface area (Å²) in [5.41, 5.74) is 7.44. The van der Waals surface area contributed by atoms with E-state index in [2.05, 4.69) is 48.0 Å². The van der Waals surface area contributed by atoms with Crippen molar-refractivity contribution in [3.05, 3.63) is 52.3 Å². The number of aromatic nitrogens is 1. The van der Waals surface area contributed by atoms with E-state index in [1.54, 1.807) is 0 Å². The van der Waals surface area contributed by atoms with Crippen molar-refractivity contribution in [3.8, 4) is 5.69 Å². The van der Waals surface area contributed by atoms with E-state index in [9.17, 15) is 4.79 Å². The molecule has 0 saturated heterocycles. The fraction of sp³-hybridized carbons (Fsp3) is 0.389. The van der Waals surface area contributed by atoms with Crippen LogP contribution < -0.4 is 5.32 Å². The Kier molecular flexibility index (Phi) is 3.92. The maximum Gasteiger partial charge on any atom is 0.407 e. The third-order valence-corrected chi connectivity index (χ3v) is 4.38. The van der Waals surface area contributed by atoms with Crippen LogP contribution in [-0.4, -0.2) is 17.2 Å². The zero-order valence-electron chi connectivity index (χ0n) is 13.4. The van der Waals surface area contributed by atoms with E-state index in [-0.39, 0.29) is 6.09 Å². The summed E-state index contributed by atoms with van der Waals surface area (Å²) in [6.45, 7) is 7.21. The minimum atomic E-state index is -0.340. The molecule has 0 aliphatic carbocycles. The molecule has 1 amide bonds. The fourth-order valence-electron chi connectivity index (χ4n) is 3.18. The van der Waals surface area contributed by atoms with Crippen molar-refractivity contribution >= 4 is 6.09 Å². The van der Waals surface area contributed by atoms with Gasteiger partial charge in [0.15, 0.2) is 0 Å². The van der Waals surface area contributed by atoms with Gasteiger partial charge in [0.1, 0.15) is 6.61 Å². The van der Waals surface area contributed by atoms with Crippen molar-refractivity contribution in [1.29, 1.82) is 0 Å². The van der Waals surface area contributed by atoms with Crippen molar-refractivity contribution in [2.75, 3.05) is 6.54 Å². The summed E-state index contributed by atoms with van der Waals surface area (Å²) >= 11 is 0. The first kappa shape index (κ1) is 14.7. The molecule has 1 aromatic carbocycles. The van der Waals surface area contributed by atoms with Gasteiger partial charge in [-0.3, -0.25) is 0 Å². The Bertz CT molecular complexity index is 716. The third-order valence-electron chi connectivity index (χ3n) is 4.38. The molecule has 0 atom stereocenters. The first-order valence-electron chi connectivity index (χ1n) is 7.82. The standard InChI is InChI=1S/C18H22N2O2/c1-4-9-19-18(21)22-11-15-12(2)17-10-14-7-5-6-8-16(14)20(17)13(15)3/h5-8H,4,9-11H2,1-3H3,(H,19,21). The topological polar surface area (TPSA) is 43.3 Å². The highest BCUT2D eigenvalue weighted by Crippen LogP contribution is 2.35. The molecule has 4 nitrogen and oxygen atoms in total. The van der Waals surface area contributed by atoms with Gasteiger partial charge in [-0.25, -0.2) is 4.79 Å². The Morgan fingerprint density at radius 1 is 1.32 bits per heavy atom. The van der Waals surface area contributed by atoms with E-state index in [0.717, 1.165) is 18.4 Å². The third kappa shape index (κ3) is 2.39. The Labute approximate surface area is 131 Å². The lowest BCUT2D eigenvalue weighted by molar-refractivity contribution is 0.139. The summed E-state index contributed by atoms with van der Waals surface area (Å²) in [6, 6.07) is 8.47. The number of fused-ring (bicyclic) bond motifs is 3. The van der Waals surface area contributed by atoms with Crippen LogP contribution >= 0.6 is 0 Å². The highest BCUT2D eigenvalue weighted by molar-refractivity contribution is 5.67. The largest absolute Gasteiger partial charge is 0.445 e. The van der Waals surface area contributed by atoms with E-state index >= 15 is 0 Å². The van der Waals surface area contributed by atoms with Crippen LogP contribution in [0.4, 0.5) is 4.79 Å². The molecule has 1 aromatic heterocycles. The Balaban J connectivity index is 1.83. The van der Waals surface area contributed by atoms with Crippen molar-refractivity contribution in [2.24, 2.45) is 0 Å². The lowest BCUT2D eigenvalue weighted by Crippen LogP contribution is -2.24. The quantitative estimate of drug-likeness (QED) is 0.799. The van der Waals surface area contributed by atoms with Crippen LogP contribution in [0.1, 0.15) is 41.4 Å². The molecule has 1 aliphatic heterocycles. The second-order valence-corrected chi connectivity index (χ2v) is 5.78. The smallest absolute Gasteiger partial charge is 0.407 e. The number of rotatable bonds is 4. The fourth-order valence-corrected chi connectivity index (χ4v) is 3.18. The molecular weight excluding hydrogens is 276 g/mol. The number of hydrogen-bond donors (Lipinski definition) is 1. The van der Waals surface area contributed by atoms with Crippen molar-refractivity contribution in [1.82, 2.24) is 9.88 Å². The number of nitrogens with one attached hydrogen (secondary N) is 1. The van der Waals surface area contributed by atoms with Crippen LogP contribution in [0.2, 0.25) is 0 Å². The number of carbonyl (C=O) groups excluding carboxylic acids is 1. The number of hydrogen-bond acceptors (Lipinski definition) is 2. The number of para-hydroxylation sites is 1. The van der Waals surface area contributed by atoms with Gasteiger partial charge in [-0.15, -0.1) is 0 Å². The van der Waals surface area contributed by atoms with Crippen molar-refractivity contribution in [3.63, 3.8) is 0 Å². The summed E-state index contributed by atoms with van der Waals surface area (Å²) in [7, 11) is 0. The Hall–Kier alpha value is -2.23. The Morgan fingerprint density at radius 3 is 2.86 bits per heavy atom. The minimum Gasteiger partial charge on any atom is -0.445 e. The molecule has 0 radical (unpaired) electrons. The van der Waals surface area contributed by atoms with Crippen LogP contribution in [0, 0.1) is 13.8 Å². The first-order valence-corrected chi connectivity index (χ1v) is 7.82. The zero-order chi connectivity index (χ0) is 15.7. The predicted molar refractivity (Wildman–Crippen MR) is 86.5 cm³/mol. The summed E-state index contributed by atoms with van der Waals surface area (Å²) in [4.78, 5) is 11.6. The molecule has 116 valence electrons. The number of amides is 1. The summed E-state index contributed by atoms with van der Waals surface area (Å²) in [5, 5.41) is 2.74. The number of carbonyl (C=O) groups is 1. The number of ether oxygens (including phenoxy) is 1. The average molecular weight is 298 g/mol. The summed E-state index contributed by atoms with van der Waals surface area (Å²) in [6.07, 6.45) is 1.52. The van der Waals surface area contributed by atoms with Gasteiger partial charge >= 0.3 is 6.09 Å². The van der Waals surface area contributed by atoms with Crippen LogP contribution in [-0.2, 0) is 17.8 Å². The van der Waals surface area contributed by atoms with Gasteiger partial charge in [0.05, 0.1) is 0 Å². The first-order chi connectivity index (χ1) is 10.6. The molecule has 0 fully saturated rings. The minimum absolute atomic E-state index is 0.329. The van der Waals surface area contributed by atoms with Gasteiger partial charge in [-0.2, -0.15) is 0 Å². The number of nitrogens with zero attached hydrogens (tertiary/aromatic N) is 1. The molecule has 2 aromatic rings. The second-order valence-electron chi connectivity index (χ2n) is 5.78. The van der Waals surface area contributed by atoms with Gasteiger partial charge in [-0.05, 0) is 37.5 Å². The SMILES string of the molecule is CCCNC(=O)OCc1c(C)c2n(c1C)-c1ccccc1C2. The number of alkyl carbamates (subject to hydrolysis) is 1. The molecule has 0 saturated carbocycles. The van der Waals surface area contributed by atoms with E-state index in [0.29, 0.717) is 13.2 Å². The van der Waals surface area contributed by atoms with Crippen LogP contribution in [0.15, 0.2) is 24.3 Å². The van der Waals surface area contributed by atoms with Gasteiger partial charge in [0, 0.05) is 35.6 Å². The zero-order valence-corrected chi connectivity index (χ0v) is 13.4. The highest BCUT2D eigenvalue weighted by atomic mass is 16.5. The second kappa shape index (κ2) is 5.87. The maximum atomic E-state index is 11.6. The molecule has 4 heteroatoms. The number of benzene rings is 1. The average Bonchev–Trinajstić information content (AvgIpc) is 3.01. The van der Waals surface area contributed by atoms with Gasteiger partial charge in [-0.1, -0.05) is 25.1 Å². The summed E-state index contributed by atoms with van der Waals surface area (Å²) < 4.78 is 7.65. The van der Waals surface area contributed by atoms with Gasteiger partial charge in [0.25, 0.3) is 0 Å². The molecule has 0 bridgehead atoms. The Morgan fingerprint density at radius 2 is 2.09 bits per heavy atom. The molecule has 1 aliphatic rings. The molecular formula is C18H22N2O2. The van der Waals surface area contributed by atoms with Gasteiger partial charge < -0.3 is 14.6 Å². The molecule has 3 rings (SSSR count). The molecule has 0 spiro atoms. The van der Waals surface area contributed by atoms with Crippen LogP contribution in [0.5, 0.6) is 0 Å². The predicted octanol–water partition coefficient (Wildman–Crippen LogP) is 3.63. The van der Waals surface area contributed by atoms with Crippen LogP contribution in [0.3, 0.4) is 0 Å². The van der Waals surface area contributed by atoms with Crippen molar-refractivity contribution < 1.29 is 9.53 Å². The van der Waals surface area contributed by atoms with E-state index in [1.165, 1.54) is 28.2 Å². The lowest BCUT2D eigenvalue weighted by Gasteiger charge is -2.09. The summed E-state index contributed by atoms with van der Waals surface area (Å²) in [5.74, 6) is 0. The normalized spacial score (nSPS) is 12.0. The lowest BCUT2D eigenvalue weighted by atomic mass is 10.1. The van der Waals surface area contributed by atoms with Crippen molar-refractivity contribution in [2.45, 2.75) is 40.2 Å². The maximum absolute atomic E-state index is 11.6. The van der Waals surface area contributed by atoms with E-state index in [4.69, 9.17) is 4.74 Å². The van der Waals surface area contributed by atoms with E-state index < -0.39 is 0 Å². The monoisotopic (exact) mass is 298 g/mol. The molecule has 2 heterocycles.